The van der Waals surface area contributed by atoms with Crippen LogP contribution in [0.15, 0.2) is 54.6 Å². The minimum absolute atomic E-state index is 0.177. The van der Waals surface area contributed by atoms with E-state index in [2.05, 4.69) is 19.2 Å². The number of carbonyl (C=O) groups is 1. The number of nitrogens with one attached hydrogen (secondary N) is 1. The minimum Gasteiger partial charge on any atom is -0.497 e. The summed E-state index contributed by atoms with van der Waals surface area (Å²) in [6, 6.07) is 14.9. The van der Waals surface area contributed by atoms with E-state index in [9.17, 15) is 4.79 Å². The second-order valence-electron chi connectivity index (χ2n) is 6.15. The van der Waals surface area contributed by atoms with Gasteiger partial charge in [-0.25, -0.2) is 0 Å². The van der Waals surface area contributed by atoms with Crippen LogP contribution in [0.3, 0.4) is 0 Å². The lowest BCUT2D eigenvalue weighted by Gasteiger charge is -2.09. The van der Waals surface area contributed by atoms with E-state index in [-0.39, 0.29) is 5.91 Å². The van der Waals surface area contributed by atoms with Crippen LogP contribution in [0, 0.1) is 5.92 Å². The van der Waals surface area contributed by atoms with E-state index >= 15 is 0 Å². The average molecular weight is 339 g/mol. The largest absolute Gasteiger partial charge is 0.497 e. The number of hydrogen-bond acceptors (Lipinski definition) is 3. The van der Waals surface area contributed by atoms with E-state index in [0.717, 1.165) is 29.2 Å². The number of amides is 1. The van der Waals surface area contributed by atoms with Crippen LogP contribution in [0.2, 0.25) is 0 Å². The second kappa shape index (κ2) is 9.52. The molecule has 0 fully saturated rings. The molecule has 0 saturated heterocycles. The lowest BCUT2D eigenvalue weighted by molar-refractivity contribution is -0.111. The van der Waals surface area contributed by atoms with Crippen molar-refractivity contribution in [2.75, 3.05) is 19.0 Å². The highest BCUT2D eigenvalue weighted by atomic mass is 16.5. The van der Waals surface area contributed by atoms with Crippen LogP contribution in [0.4, 0.5) is 5.69 Å². The van der Waals surface area contributed by atoms with E-state index < -0.39 is 0 Å². The molecule has 0 aliphatic heterocycles. The molecule has 2 aromatic carbocycles. The Kier molecular flexibility index (Phi) is 7.08. The maximum absolute atomic E-state index is 12.0. The Balaban J connectivity index is 1.84. The molecule has 0 atom stereocenters. The van der Waals surface area contributed by atoms with Crippen LogP contribution in [-0.2, 0) is 4.79 Å². The van der Waals surface area contributed by atoms with Gasteiger partial charge in [0.2, 0.25) is 5.91 Å². The molecule has 0 aliphatic carbocycles. The van der Waals surface area contributed by atoms with E-state index in [0.29, 0.717) is 12.5 Å². The summed E-state index contributed by atoms with van der Waals surface area (Å²) < 4.78 is 10.8. The fraction of sp³-hybridized carbons (Fsp3) is 0.286. The van der Waals surface area contributed by atoms with Gasteiger partial charge in [0.05, 0.1) is 13.7 Å². The van der Waals surface area contributed by atoms with Gasteiger partial charge in [0.15, 0.2) is 0 Å². The first-order valence-corrected chi connectivity index (χ1v) is 8.43. The van der Waals surface area contributed by atoms with Crippen LogP contribution in [-0.4, -0.2) is 19.6 Å². The van der Waals surface area contributed by atoms with Gasteiger partial charge in [-0.05, 0) is 60.4 Å². The standard InChI is InChI=1S/C21H25NO3/c1-16(2)14-15-25-20-11-7-18(8-12-20)22-21(23)13-6-17-4-9-19(24-3)10-5-17/h4-13,16H,14-15H2,1-3H3,(H,22,23). The van der Waals surface area contributed by atoms with Crippen molar-refractivity contribution < 1.29 is 14.3 Å². The van der Waals surface area contributed by atoms with Gasteiger partial charge in [0, 0.05) is 11.8 Å². The number of benzene rings is 2. The highest BCUT2D eigenvalue weighted by Crippen LogP contribution is 2.17. The Bertz CT molecular complexity index is 688. The predicted octanol–water partition coefficient (Wildman–Crippen LogP) is 4.77. The van der Waals surface area contributed by atoms with Gasteiger partial charge in [-0.1, -0.05) is 26.0 Å². The van der Waals surface area contributed by atoms with Crippen molar-refractivity contribution in [3.63, 3.8) is 0 Å². The Morgan fingerprint density at radius 3 is 2.28 bits per heavy atom. The summed E-state index contributed by atoms with van der Waals surface area (Å²) in [5.74, 6) is 2.05. The molecule has 0 saturated carbocycles. The fourth-order valence-corrected chi connectivity index (χ4v) is 2.12. The minimum atomic E-state index is -0.177. The first-order valence-electron chi connectivity index (χ1n) is 8.43. The lowest BCUT2D eigenvalue weighted by atomic mass is 10.1. The van der Waals surface area contributed by atoms with Crippen molar-refractivity contribution >= 4 is 17.7 Å². The van der Waals surface area contributed by atoms with E-state index in [1.54, 1.807) is 13.2 Å². The molecule has 25 heavy (non-hydrogen) atoms. The summed E-state index contributed by atoms with van der Waals surface area (Å²) in [5.41, 5.74) is 1.67. The molecule has 0 unspecified atom stereocenters. The summed E-state index contributed by atoms with van der Waals surface area (Å²) in [6.45, 7) is 5.04. The molecule has 0 aliphatic rings. The van der Waals surface area contributed by atoms with Gasteiger partial charge in [0.25, 0.3) is 0 Å². The number of ether oxygens (including phenoxy) is 2. The Morgan fingerprint density at radius 1 is 1.04 bits per heavy atom. The third-order valence-corrected chi connectivity index (χ3v) is 3.63. The van der Waals surface area contributed by atoms with Gasteiger partial charge >= 0.3 is 0 Å². The van der Waals surface area contributed by atoms with Gasteiger partial charge in [-0.3, -0.25) is 4.79 Å². The van der Waals surface area contributed by atoms with Crippen LogP contribution in [0.25, 0.3) is 6.08 Å². The number of methoxy groups -OCH3 is 1. The van der Waals surface area contributed by atoms with E-state index in [1.165, 1.54) is 6.08 Å². The Hall–Kier alpha value is -2.75. The van der Waals surface area contributed by atoms with Crippen LogP contribution >= 0.6 is 0 Å². The van der Waals surface area contributed by atoms with Crippen LogP contribution in [0.1, 0.15) is 25.8 Å². The van der Waals surface area contributed by atoms with Crippen molar-refractivity contribution in [1.82, 2.24) is 0 Å². The summed E-state index contributed by atoms with van der Waals surface area (Å²) in [5, 5.41) is 2.83. The molecule has 1 N–H and O–H groups in total. The van der Waals surface area contributed by atoms with E-state index in [4.69, 9.17) is 9.47 Å². The van der Waals surface area contributed by atoms with Gasteiger partial charge in [0.1, 0.15) is 11.5 Å². The first kappa shape index (κ1) is 18.6. The SMILES string of the molecule is COc1ccc(C=CC(=O)Nc2ccc(OCCC(C)C)cc2)cc1. The van der Waals surface area contributed by atoms with Crippen molar-refractivity contribution in [2.45, 2.75) is 20.3 Å². The molecule has 4 heteroatoms. The molecule has 0 aromatic heterocycles. The zero-order valence-electron chi connectivity index (χ0n) is 15.0. The number of carbonyl (C=O) groups excluding carboxylic acids is 1. The van der Waals surface area contributed by atoms with Crippen molar-refractivity contribution in [3.8, 4) is 11.5 Å². The summed E-state index contributed by atoms with van der Waals surface area (Å²) >= 11 is 0. The topological polar surface area (TPSA) is 47.6 Å². The summed E-state index contributed by atoms with van der Waals surface area (Å²) in [4.78, 5) is 12.0. The molecule has 132 valence electrons. The second-order valence-corrected chi connectivity index (χ2v) is 6.15. The number of anilines is 1. The molecule has 1 amide bonds. The molecule has 0 bridgehead atoms. The zero-order valence-corrected chi connectivity index (χ0v) is 15.0. The third kappa shape index (κ3) is 6.71. The molecule has 0 spiro atoms. The summed E-state index contributed by atoms with van der Waals surface area (Å²) in [7, 11) is 1.62. The van der Waals surface area contributed by atoms with Crippen LogP contribution < -0.4 is 14.8 Å². The van der Waals surface area contributed by atoms with Crippen molar-refractivity contribution in [3.05, 3.63) is 60.2 Å². The smallest absolute Gasteiger partial charge is 0.248 e. The lowest BCUT2D eigenvalue weighted by Crippen LogP contribution is -2.07. The quantitative estimate of drug-likeness (QED) is 0.705. The highest BCUT2D eigenvalue weighted by Gasteiger charge is 2.00. The predicted molar refractivity (Wildman–Crippen MR) is 102 cm³/mol. The van der Waals surface area contributed by atoms with Crippen LogP contribution in [0.5, 0.6) is 11.5 Å². The molecule has 2 aromatic rings. The highest BCUT2D eigenvalue weighted by molar-refractivity contribution is 6.01. The van der Waals surface area contributed by atoms with Gasteiger partial charge in [-0.2, -0.15) is 0 Å². The third-order valence-electron chi connectivity index (χ3n) is 3.63. The Morgan fingerprint density at radius 2 is 1.68 bits per heavy atom. The molecule has 0 radical (unpaired) electrons. The average Bonchev–Trinajstić information content (AvgIpc) is 2.61. The summed E-state index contributed by atoms with van der Waals surface area (Å²) in [6.07, 6.45) is 4.29. The van der Waals surface area contributed by atoms with Crippen molar-refractivity contribution in [2.24, 2.45) is 5.92 Å². The molecule has 0 heterocycles. The molecular formula is C21H25NO3. The fourth-order valence-electron chi connectivity index (χ4n) is 2.12. The number of hydrogen-bond donors (Lipinski definition) is 1. The number of rotatable bonds is 8. The normalized spacial score (nSPS) is 10.9. The van der Waals surface area contributed by atoms with E-state index in [1.807, 2.05) is 48.5 Å². The maximum atomic E-state index is 12.0. The zero-order chi connectivity index (χ0) is 18.1. The molecular weight excluding hydrogens is 314 g/mol. The maximum Gasteiger partial charge on any atom is 0.248 e. The monoisotopic (exact) mass is 339 g/mol. The van der Waals surface area contributed by atoms with Gasteiger partial charge < -0.3 is 14.8 Å². The molecule has 2 rings (SSSR count). The molecule has 4 nitrogen and oxygen atoms in total. The van der Waals surface area contributed by atoms with Gasteiger partial charge in [-0.15, -0.1) is 0 Å². The van der Waals surface area contributed by atoms with Crippen molar-refractivity contribution in [1.29, 1.82) is 0 Å². The Labute approximate surface area is 149 Å². The first-order chi connectivity index (χ1) is 12.1.